The maximum atomic E-state index is 13.3. The van der Waals surface area contributed by atoms with Gasteiger partial charge in [0, 0.05) is 29.2 Å². The summed E-state index contributed by atoms with van der Waals surface area (Å²) in [5.74, 6) is -1.97. The average molecular weight is 451 g/mol. The molecule has 32 heavy (non-hydrogen) atoms. The number of H-pyrrole nitrogens is 1. The number of amides is 1. The molecule has 1 aliphatic rings. The molecule has 0 aliphatic carbocycles. The number of nitrogens with zero attached hydrogens (tertiary/aromatic N) is 1. The van der Waals surface area contributed by atoms with Crippen LogP contribution in [0.2, 0.25) is 0 Å². The number of hydrogen-bond acceptors (Lipinski definition) is 2. The van der Waals surface area contributed by atoms with E-state index in [1.807, 2.05) is 25.1 Å². The smallest absolute Gasteiger partial charge is 0.351 e. The van der Waals surface area contributed by atoms with E-state index in [1.165, 1.54) is 4.90 Å². The molecule has 2 unspecified atom stereocenters. The first kappa shape index (κ1) is 22.3. The Morgan fingerprint density at radius 3 is 2.56 bits per heavy atom. The number of anilines is 1. The molecule has 170 valence electrons. The minimum atomic E-state index is -4.20. The van der Waals surface area contributed by atoms with Crippen molar-refractivity contribution in [3.63, 3.8) is 0 Å². The standard InChI is InChI=1S/C23H22F5N3O/c1-13(15-4-5-31(11-15)12-23(26,27)28)14-2-3-20-16(6-14)7-21(30-20)22(32)29-19-9-17(24)8-18(25)10-19/h2-3,6-10,13,15,30H,4-5,11-12H2,1H3,(H,29,32). The van der Waals surface area contributed by atoms with E-state index in [0.29, 0.717) is 31.1 Å². The lowest BCUT2D eigenvalue weighted by Gasteiger charge is -2.21. The number of nitrogens with one attached hydrogen (secondary N) is 2. The number of rotatable bonds is 5. The van der Waals surface area contributed by atoms with Crippen LogP contribution in [0.3, 0.4) is 0 Å². The molecule has 4 nitrogen and oxygen atoms in total. The molecule has 4 rings (SSSR count). The minimum absolute atomic E-state index is 0.00473. The second-order valence-corrected chi connectivity index (χ2v) is 8.33. The van der Waals surface area contributed by atoms with Crippen LogP contribution >= 0.6 is 0 Å². The lowest BCUT2D eigenvalue weighted by Crippen LogP contribution is -2.32. The molecule has 9 heteroatoms. The highest BCUT2D eigenvalue weighted by molar-refractivity contribution is 6.06. The Morgan fingerprint density at radius 1 is 1.16 bits per heavy atom. The predicted octanol–water partition coefficient (Wildman–Crippen LogP) is 5.69. The molecule has 2 atom stereocenters. The van der Waals surface area contributed by atoms with Crippen molar-refractivity contribution < 1.29 is 26.7 Å². The fourth-order valence-corrected chi connectivity index (χ4v) is 4.32. The van der Waals surface area contributed by atoms with Crippen molar-refractivity contribution in [1.29, 1.82) is 0 Å². The van der Waals surface area contributed by atoms with Gasteiger partial charge in [0.25, 0.3) is 5.91 Å². The molecule has 0 saturated carbocycles. The SMILES string of the molecule is CC(c1ccc2[nH]c(C(=O)Nc3cc(F)cc(F)c3)cc2c1)C1CCN(CC(F)(F)F)C1. The van der Waals surface area contributed by atoms with Gasteiger partial charge in [-0.3, -0.25) is 9.69 Å². The van der Waals surface area contributed by atoms with E-state index in [-0.39, 0.29) is 23.2 Å². The summed E-state index contributed by atoms with van der Waals surface area (Å²) < 4.78 is 64.7. The van der Waals surface area contributed by atoms with Gasteiger partial charge in [0.2, 0.25) is 0 Å². The number of fused-ring (bicyclic) bond motifs is 1. The third-order valence-corrected chi connectivity index (χ3v) is 5.95. The summed E-state index contributed by atoms with van der Waals surface area (Å²) in [6.45, 7) is 1.93. The zero-order valence-corrected chi connectivity index (χ0v) is 17.3. The van der Waals surface area contributed by atoms with Crippen LogP contribution in [0.15, 0.2) is 42.5 Å². The van der Waals surface area contributed by atoms with Crippen LogP contribution in [0.25, 0.3) is 10.9 Å². The van der Waals surface area contributed by atoms with Crippen LogP contribution in [0.5, 0.6) is 0 Å². The predicted molar refractivity (Wildman–Crippen MR) is 112 cm³/mol. The van der Waals surface area contributed by atoms with E-state index in [1.54, 1.807) is 6.07 Å². The molecule has 3 aromatic rings. The van der Waals surface area contributed by atoms with Gasteiger partial charge in [-0.1, -0.05) is 13.0 Å². The summed E-state index contributed by atoms with van der Waals surface area (Å²) in [4.78, 5) is 16.9. The monoisotopic (exact) mass is 451 g/mol. The molecular weight excluding hydrogens is 429 g/mol. The molecule has 1 aliphatic heterocycles. The number of aromatic amines is 1. The highest BCUT2D eigenvalue weighted by Crippen LogP contribution is 2.34. The maximum absolute atomic E-state index is 13.3. The van der Waals surface area contributed by atoms with Gasteiger partial charge in [-0.25, -0.2) is 8.78 Å². The Morgan fingerprint density at radius 2 is 1.88 bits per heavy atom. The first-order valence-corrected chi connectivity index (χ1v) is 10.3. The van der Waals surface area contributed by atoms with Gasteiger partial charge >= 0.3 is 6.18 Å². The number of carbonyl (C=O) groups excluding carboxylic acids is 1. The Hall–Kier alpha value is -2.94. The molecule has 1 aromatic heterocycles. The number of alkyl halides is 3. The van der Waals surface area contributed by atoms with Crippen molar-refractivity contribution in [3.8, 4) is 0 Å². The van der Waals surface area contributed by atoms with Crippen molar-refractivity contribution >= 4 is 22.5 Å². The Kier molecular flexibility index (Phi) is 5.94. The number of carbonyl (C=O) groups is 1. The number of halogens is 5. The lowest BCUT2D eigenvalue weighted by atomic mass is 9.86. The summed E-state index contributed by atoms with van der Waals surface area (Å²) in [5, 5.41) is 3.23. The van der Waals surface area contributed by atoms with Crippen molar-refractivity contribution in [2.24, 2.45) is 5.92 Å². The molecule has 2 heterocycles. The van der Waals surface area contributed by atoms with E-state index in [0.717, 1.165) is 23.1 Å². The Balaban J connectivity index is 1.47. The quantitative estimate of drug-likeness (QED) is 0.490. The highest BCUT2D eigenvalue weighted by atomic mass is 19.4. The number of benzene rings is 2. The molecular formula is C23H22F5N3O. The molecule has 1 amide bonds. The van der Waals surface area contributed by atoms with Crippen LogP contribution in [0.1, 0.15) is 35.3 Å². The Bertz CT molecular complexity index is 1120. The zero-order valence-electron chi connectivity index (χ0n) is 17.3. The second kappa shape index (κ2) is 8.54. The Labute approximate surface area is 181 Å². The van der Waals surface area contributed by atoms with Crippen molar-refractivity contribution in [2.45, 2.75) is 25.4 Å². The number of aromatic nitrogens is 1. The lowest BCUT2D eigenvalue weighted by molar-refractivity contribution is -0.143. The fraction of sp³-hybridized carbons (Fsp3) is 0.348. The van der Waals surface area contributed by atoms with E-state index in [9.17, 15) is 26.7 Å². The fourth-order valence-electron chi connectivity index (χ4n) is 4.32. The van der Waals surface area contributed by atoms with Crippen molar-refractivity contribution in [2.75, 3.05) is 25.0 Å². The third-order valence-electron chi connectivity index (χ3n) is 5.95. The molecule has 2 N–H and O–H groups in total. The first-order chi connectivity index (χ1) is 15.1. The molecule has 0 radical (unpaired) electrons. The van der Waals surface area contributed by atoms with Crippen LogP contribution in [0.4, 0.5) is 27.6 Å². The van der Waals surface area contributed by atoms with Gasteiger partial charge in [-0.15, -0.1) is 0 Å². The topological polar surface area (TPSA) is 48.1 Å². The van der Waals surface area contributed by atoms with Gasteiger partial charge in [-0.2, -0.15) is 13.2 Å². The van der Waals surface area contributed by atoms with Gasteiger partial charge in [-0.05, 0) is 60.7 Å². The molecule has 0 spiro atoms. The summed E-state index contributed by atoms with van der Waals surface area (Å²) in [7, 11) is 0. The van der Waals surface area contributed by atoms with Crippen LogP contribution in [0, 0.1) is 17.6 Å². The summed E-state index contributed by atoms with van der Waals surface area (Å²) in [5.41, 5.74) is 1.92. The van der Waals surface area contributed by atoms with Gasteiger partial charge in [0.1, 0.15) is 17.3 Å². The summed E-state index contributed by atoms with van der Waals surface area (Å²) >= 11 is 0. The van der Waals surface area contributed by atoms with Gasteiger partial charge < -0.3 is 10.3 Å². The minimum Gasteiger partial charge on any atom is -0.351 e. The summed E-state index contributed by atoms with van der Waals surface area (Å²) in [6, 6.07) is 10.0. The molecule has 1 saturated heterocycles. The molecule has 1 fully saturated rings. The van der Waals surface area contributed by atoms with E-state index in [2.05, 4.69) is 10.3 Å². The summed E-state index contributed by atoms with van der Waals surface area (Å²) in [6.07, 6.45) is -3.50. The van der Waals surface area contributed by atoms with Crippen LogP contribution in [-0.2, 0) is 0 Å². The zero-order chi connectivity index (χ0) is 23.0. The molecule has 2 aromatic carbocycles. The first-order valence-electron chi connectivity index (χ1n) is 10.3. The molecule has 0 bridgehead atoms. The average Bonchev–Trinajstić information content (AvgIpc) is 3.31. The van der Waals surface area contributed by atoms with Crippen LogP contribution < -0.4 is 5.32 Å². The van der Waals surface area contributed by atoms with Crippen molar-refractivity contribution in [1.82, 2.24) is 9.88 Å². The maximum Gasteiger partial charge on any atom is 0.401 e. The van der Waals surface area contributed by atoms with E-state index < -0.39 is 30.3 Å². The largest absolute Gasteiger partial charge is 0.401 e. The number of likely N-dealkylation sites (tertiary alicyclic amines) is 1. The van der Waals surface area contributed by atoms with E-state index >= 15 is 0 Å². The van der Waals surface area contributed by atoms with Gasteiger partial charge in [0.05, 0.1) is 6.54 Å². The van der Waals surface area contributed by atoms with Crippen molar-refractivity contribution in [3.05, 3.63) is 65.4 Å². The van der Waals surface area contributed by atoms with Crippen LogP contribution in [-0.4, -0.2) is 41.6 Å². The number of hydrogen-bond donors (Lipinski definition) is 2. The van der Waals surface area contributed by atoms with E-state index in [4.69, 9.17) is 0 Å². The van der Waals surface area contributed by atoms with Gasteiger partial charge in [0.15, 0.2) is 0 Å². The third kappa shape index (κ3) is 5.09. The normalized spacial score (nSPS) is 18.2. The second-order valence-electron chi connectivity index (χ2n) is 8.33. The highest BCUT2D eigenvalue weighted by Gasteiger charge is 2.36.